The second kappa shape index (κ2) is 8.68. The molecule has 1 N–H and O–H groups in total. The zero-order valence-corrected chi connectivity index (χ0v) is 14.6. The lowest BCUT2D eigenvalue weighted by Gasteiger charge is -2.36. The normalized spacial score (nSPS) is 17.7. The number of anilines is 1. The monoisotopic (exact) mass is 334 g/mol. The number of nitrogens with zero attached hydrogens (tertiary/aromatic N) is 1. The summed E-state index contributed by atoms with van der Waals surface area (Å²) in [7, 11) is 0. The van der Waals surface area contributed by atoms with Crippen LogP contribution in [0.4, 0.5) is 10.5 Å². The molecule has 6 heteroatoms. The molecule has 1 atom stereocenters. The number of ether oxygens (including phenoxy) is 2. The summed E-state index contributed by atoms with van der Waals surface area (Å²) >= 11 is 0. The molecule has 132 valence electrons. The fraction of sp³-hybridized carbons (Fsp3) is 0.556. The molecular formula is C18H26N2O4. The first-order valence-electron chi connectivity index (χ1n) is 8.43. The van der Waals surface area contributed by atoms with Crippen molar-refractivity contribution in [2.45, 2.75) is 33.2 Å². The largest absolute Gasteiger partial charge is 0.462 e. The Bertz CT molecular complexity index is 557. The highest BCUT2D eigenvalue weighted by molar-refractivity contribution is 5.92. The molecule has 0 aromatic heterocycles. The van der Waals surface area contributed by atoms with Crippen molar-refractivity contribution in [2.75, 3.05) is 31.7 Å². The number of carbonyl (C=O) groups is 2. The van der Waals surface area contributed by atoms with Gasteiger partial charge in [0.05, 0.1) is 31.4 Å². The van der Waals surface area contributed by atoms with Gasteiger partial charge in [-0.15, -0.1) is 0 Å². The van der Waals surface area contributed by atoms with E-state index in [0.717, 1.165) is 6.42 Å². The van der Waals surface area contributed by atoms with E-state index in [1.54, 1.807) is 31.2 Å². The molecule has 0 bridgehead atoms. The molecule has 0 saturated carbocycles. The van der Waals surface area contributed by atoms with Gasteiger partial charge in [-0.1, -0.05) is 13.8 Å². The number of rotatable bonds is 5. The van der Waals surface area contributed by atoms with Gasteiger partial charge in [-0.05, 0) is 43.5 Å². The molecule has 1 unspecified atom stereocenters. The second-order valence-electron chi connectivity index (χ2n) is 6.28. The summed E-state index contributed by atoms with van der Waals surface area (Å²) < 4.78 is 10.5. The molecule has 0 spiro atoms. The first-order valence-corrected chi connectivity index (χ1v) is 8.43. The molecule has 2 amide bonds. The van der Waals surface area contributed by atoms with Crippen molar-refractivity contribution in [3.8, 4) is 0 Å². The number of benzene rings is 1. The van der Waals surface area contributed by atoms with Gasteiger partial charge in [0.1, 0.15) is 0 Å². The number of nitrogens with one attached hydrogen (secondary N) is 1. The number of amides is 2. The Morgan fingerprint density at radius 2 is 2.04 bits per heavy atom. The summed E-state index contributed by atoms with van der Waals surface area (Å²) in [6, 6.07) is 6.69. The molecule has 2 rings (SSSR count). The smallest absolute Gasteiger partial charge is 0.338 e. The van der Waals surface area contributed by atoms with E-state index in [-0.39, 0.29) is 18.0 Å². The van der Waals surface area contributed by atoms with Crippen LogP contribution in [0.2, 0.25) is 0 Å². The third-order valence-electron chi connectivity index (χ3n) is 3.88. The Kier molecular flexibility index (Phi) is 6.61. The number of esters is 1. The van der Waals surface area contributed by atoms with E-state index >= 15 is 0 Å². The standard InChI is InChI=1S/C18H26N2O4/c1-4-24-17(21)14-5-7-15(8-6-14)19-18(22)20-9-10-23-12-16(20)11-13(2)3/h5-8,13,16H,4,9-12H2,1-3H3,(H,19,22). The van der Waals surface area contributed by atoms with Crippen LogP contribution in [0.3, 0.4) is 0 Å². The predicted molar refractivity (Wildman–Crippen MR) is 92.2 cm³/mol. The van der Waals surface area contributed by atoms with Gasteiger partial charge in [0.2, 0.25) is 0 Å². The van der Waals surface area contributed by atoms with Gasteiger partial charge in [0.25, 0.3) is 0 Å². The number of hydrogen-bond donors (Lipinski definition) is 1. The molecule has 0 aliphatic carbocycles. The van der Waals surface area contributed by atoms with Crippen LogP contribution in [-0.4, -0.2) is 49.3 Å². The van der Waals surface area contributed by atoms with Crippen LogP contribution in [0, 0.1) is 5.92 Å². The summed E-state index contributed by atoms with van der Waals surface area (Å²) in [4.78, 5) is 26.0. The Labute approximate surface area is 143 Å². The molecule has 0 radical (unpaired) electrons. The highest BCUT2D eigenvalue weighted by Gasteiger charge is 2.27. The van der Waals surface area contributed by atoms with Crippen molar-refractivity contribution < 1.29 is 19.1 Å². The van der Waals surface area contributed by atoms with E-state index in [1.807, 2.05) is 4.90 Å². The summed E-state index contributed by atoms with van der Waals surface area (Å²) in [5, 5.41) is 2.89. The molecule has 1 aliphatic rings. The third kappa shape index (κ3) is 4.96. The average Bonchev–Trinajstić information content (AvgIpc) is 2.55. The van der Waals surface area contributed by atoms with Crippen LogP contribution in [0.25, 0.3) is 0 Å². The van der Waals surface area contributed by atoms with Crippen molar-refractivity contribution in [1.82, 2.24) is 4.90 Å². The number of morpholine rings is 1. The van der Waals surface area contributed by atoms with Gasteiger partial charge in [-0.3, -0.25) is 0 Å². The molecule has 1 aromatic carbocycles. The molecule has 1 fully saturated rings. The summed E-state index contributed by atoms with van der Waals surface area (Å²) in [5.74, 6) is 0.136. The minimum absolute atomic E-state index is 0.0950. The predicted octanol–water partition coefficient (Wildman–Crippen LogP) is 3.14. The van der Waals surface area contributed by atoms with E-state index in [0.29, 0.717) is 43.5 Å². The molecule has 1 saturated heterocycles. The van der Waals surface area contributed by atoms with Crippen LogP contribution in [0.5, 0.6) is 0 Å². The molecular weight excluding hydrogens is 308 g/mol. The molecule has 6 nitrogen and oxygen atoms in total. The molecule has 24 heavy (non-hydrogen) atoms. The maximum atomic E-state index is 12.5. The first-order chi connectivity index (χ1) is 11.5. The van der Waals surface area contributed by atoms with Crippen LogP contribution in [0.1, 0.15) is 37.6 Å². The zero-order chi connectivity index (χ0) is 17.5. The fourth-order valence-corrected chi connectivity index (χ4v) is 2.76. The number of hydrogen-bond acceptors (Lipinski definition) is 4. The SMILES string of the molecule is CCOC(=O)c1ccc(NC(=O)N2CCOCC2CC(C)C)cc1. The minimum Gasteiger partial charge on any atom is -0.462 e. The van der Waals surface area contributed by atoms with Gasteiger partial charge < -0.3 is 19.7 Å². The molecule has 1 heterocycles. The maximum absolute atomic E-state index is 12.5. The van der Waals surface area contributed by atoms with Gasteiger partial charge in [0.15, 0.2) is 0 Å². The van der Waals surface area contributed by atoms with E-state index in [2.05, 4.69) is 19.2 Å². The lowest BCUT2D eigenvalue weighted by molar-refractivity contribution is 0.00857. The van der Waals surface area contributed by atoms with Gasteiger partial charge in [-0.2, -0.15) is 0 Å². The zero-order valence-electron chi connectivity index (χ0n) is 14.6. The van der Waals surface area contributed by atoms with Gasteiger partial charge in [-0.25, -0.2) is 9.59 Å². The summed E-state index contributed by atoms with van der Waals surface area (Å²) in [5.41, 5.74) is 1.13. The number of urea groups is 1. The van der Waals surface area contributed by atoms with Crippen molar-refractivity contribution in [3.63, 3.8) is 0 Å². The minimum atomic E-state index is -0.361. The highest BCUT2D eigenvalue weighted by atomic mass is 16.5. The van der Waals surface area contributed by atoms with E-state index < -0.39 is 0 Å². The fourth-order valence-electron chi connectivity index (χ4n) is 2.76. The van der Waals surface area contributed by atoms with Gasteiger partial charge >= 0.3 is 12.0 Å². The van der Waals surface area contributed by atoms with Crippen molar-refractivity contribution >= 4 is 17.7 Å². The van der Waals surface area contributed by atoms with E-state index in [4.69, 9.17) is 9.47 Å². The quantitative estimate of drug-likeness (QED) is 0.840. The van der Waals surface area contributed by atoms with Crippen molar-refractivity contribution in [2.24, 2.45) is 5.92 Å². The lowest BCUT2D eigenvalue weighted by Crippen LogP contribution is -2.50. The van der Waals surface area contributed by atoms with Crippen LogP contribution < -0.4 is 5.32 Å². The topological polar surface area (TPSA) is 67.9 Å². The second-order valence-corrected chi connectivity index (χ2v) is 6.28. The number of carbonyl (C=O) groups excluding carboxylic acids is 2. The first kappa shape index (κ1) is 18.3. The third-order valence-corrected chi connectivity index (χ3v) is 3.88. The molecule has 1 aliphatic heterocycles. The highest BCUT2D eigenvalue weighted by Crippen LogP contribution is 2.18. The Hall–Kier alpha value is -2.08. The average molecular weight is 334 g/mol. The maximum Gasteiger partial charge on any atom is 0.338 e. The van der Waals surface area contributed by atoms with Crippen molar-refractivity contribution in [1.29, 1.82) is 0 Å². The van der Waals surface area contributed by atoms with Crippen LogP contribution >= 0.6 is 0 Å². The van der Waals surface area contributed by atoms with Crippen molar-refractivity contribution in [3.05, 3.63) is 29.8 Å². The lowest BCUT2D eigenvalue weighted by atomic mass is 10.0. The Morgan fingerprint density at radius 3 is 2.67 bits per heavy atom. The molecule has 1 aromatic rings. The summed E-state index contributed by atoms with van der Waals surface area (Å²) in [6.07, 6.45) is 0.912. The summed E-state index contributed by atoms with van der Waals surface area (Å²) in [6.45, 7) is 8.10. The van der Waals surface area contributed by atoms with Crippen LogP contribution in [-0.2, 0) is 9.47 Å². The van der Waals surface area contributed by atoms with E-state index in [9.17, 15) is 9.59 Å². The Balaban J connectivity index is 1.98. The van der Waals surface area contributed by atoms with Gasteiger partial charge in [0, 0.05) is 12.2 Å². The van der Waals surface area contributed by atoms with Crippen LogP contribution in [0.15, 0.2) is 24.3 Å². The Morgan fingerprint density at radius 1 is 1.33 bits per heavy atom. The van der Waals surface area contributed by atoms with E-state index in [1.165, 1.54) is 0 Å².